The van der Waals surface area contributed by atoms with Gasteiger partial charge in [-0.3, -0.25) is 0 Å². The van der Waals surface area contributed by atoms with Crippen LogP contribution in [-0.4, -0.2) is 4.98 Å². The van der Waals surface area contributed by atoms with Gasteiger partial charge in [0.15, 0.2) is 5.58 Å². The molecular weight excluding hydrogens is 625 g/mol. The zero-order valence-corrected chi connectivity index (χ0v) is 27.5. The topological polar surface area (TPSA) is 42.4 Å². The van der Waals surface area contributed by atoms with Crippen LogP contribution >= 0.6 is 0 Å². The lowest BCUT2D eigenvalue weighted by Crippen LogP contribution is -2.10. The lowest BCUT2D eigenvalue weighted by molar-refractivity contribution is 0.623. The summed E-state index contributed by atoms with van der Waals surface area (Å²) in [5.41, 5.74) is 11.9. The number of benzene rings is 8. The lowest BCUT2D eigenvalue weighted by atomic mass is 10.0. The summed E-state index contributed by atoms with van der Waals surface area (Å²) in [5.74, 6) is 0.592. The molecule has 51 heavy (non-hydrogen) atoms. The first kappa shape index (κ1) is 29.0. The van der Waals surface area contributed by atoms with Crippen molar-refractivity contribution in [1.29, 1.82) is 0 Å². The van der Waals surface area contributed by atoms with E-state index in [-0.39, 0.29) is 0 Å². The molecule has 0 aliphatic heterocycles. The van der Waals surface area contributed by atoms with Crippen molar-refractivity contribution in [2.75, 3.05) is 4.90 Å². The highest BCUT2D eigenvalue weighted by atomic mass is 16.3. The Kier molecular flexibility index (Phi) is 6.78. The summed E-state index contributed by atoms with van der Waals surface area (Å²) in [6.07, 6.45) is 0. The van der Waals surface area contributed by atoms with Gasteiger partial charge in [-0.05, 0) is 70.8 Å². The molecule has 0 unspecified atom stereocenters. The van der Waals surface area contributed by atoms with Crippen molar-refractivity contribution in [3.8, 4) is 33.7 Å². The minimum atomic E-state index is 0.592. The maximum atomic E-state index is 6.57. The predicted octanol–water partition coefficient (Wildman–Crippen LogP) is 13.4. The van der Waals surface area contributed by atoms with Gasteiger partial charge in [0.05, 0.1) is 5.69 Å². The van der Waals surface area contributed by atoms with Crippen LogP contribution in [0.2, 0.25) is 0 Å². The predicted molar refractivity (Wildman–Crippen MR) is 210 cm³/mol. The van der Waals surface area contributed by atoms with Crippen molar-refractivity contribution in [3.63, 3.8) is 0 Å². The molecule has 0 saturated carbocycles. The van der Waals surface area contributed by atoms with E-state index in [4.69, 9.17) is 13.8 Å². The summed E-state index contributed by atoms with van der Waals surface area (Å²) in [6.45, 7) is 0. The number of fused-ring (bicyclic) bond motifs is 6. The summed E-state index contributed by atoms with van der Waals surface area (Å²) in [4.78, 5) is 7.38. The van der Waals surface area contributed by atoms with Crippen LogP contribution in [0, 0.1) is 0 Å². The van der Waals surface area contributed by atoms with Crippen LogP contribution in [0.4, 0.5) is 17.1 Å². The van der Waals surface area contributed by atoms with Crippen molar-refractivity contribution in [2.24, 2.45) is 0 Å². The third-order valence-electron chi connectivity index (χ3n) is 9.71. The molecule has 0 atom stereocenters. The van der Waals surface area contributed by atoms with E-state index in [1.54, 1.807) is 0 Å². The van der Waals surface area contributed by atoms with E-state index in [0.717, 1.165) is 77.6 Å². The number of furan rings is 1. The molecule has 2 aromatic heterocycles. The second-order valence-electron chi connectivity index (χ2n) is 12.8. The van der Waals surface area contributed by atoms with Crippen molar-refractivity contribution in [2.45, 2.75) is 0 Å². The maximum absolute atomic E-state index is 6.57. The highest BCUT2D eigenvalue weighted by Gasteiger charge is 2.21. The van der Waals surface area contributed by atoms with Gasteiger partial charge in [0.25, 0.3) is 0 Å². The van der Waals surface area contributed by atoms with Crippen molar-refractivity contribution in [1.82, 2.24) is 4.98 Å². The monoisotopic (exact) mass is 654 g/mol. The number of hydrogen-bond donors (Lipinski definition) is 0. The Morgan fingerprint density at radius 3 is 1.61 bits per heavy atom. The van der Waals surface area contributed by atoms with Gasteiger partial charge in [-0.15, -0.1) is 0 Å². The zero-order valence-electron chi connectivity index (χ0n) is 27.5. The van der Waals surface area contributed by atoms with E-state index in [1.165, 1.54) is 11.1 Å². The molecule has 4 heteroatoms. The van der Waals surface area contributed by atoms with Crippen LogP contribution in [0.5, 0.6) is 0 Å². The van der Waals surface area contributed by atoms with Gasteiger partial charge < -0.3 is 13.7 Å². The van der Waals surface area contributed by atoms with Gasteiger partial charge in [-0.25, -0.2) is 4.98 Å². The molecule has 2 heterocycles. The molecule has 240 valence electrons. The molecule has 10 rings (SSSR count). The third-order valence-corrected chi connectivity index (χ3v) is 9.71. The summed E-state index contributed by atoms with van der Waals surface area (Å²) >= 11 is 0. The summed E-state index contributed by atoms with van der Waals surface area (Å²) in [6, 6.07) is 63.3. The fourth-order valence-corrected chi connectivity index (χ4v) is 7.19. The molecule has 0 bridgehead atoms. The SMILES string of the molecule is c1ccc(-c2ccc(-c3nc4cc(N(c5ccc(-c6ccccc6)cc5)c5ccc6c(c5)oc5ccccc56)c5ccccc5c4o3)cc2)cc1. The first-order chi connectivity index (χ1) is 25.3. The average Bonchev–Trinajstić information content (AvgIpc) is 3.81. The lowest BCUT2D eigenvalue weighted by Gasteiger charge is -2.27. The van der Waals surface area contributed by atoms with Crippen LogP contribution in [-0.2, 0) is 0 Å². The molecule has 8 aromatic carbocycles. The second kappa shape index (κ2) is 11.9. The molecule has 0 aliphatic carbocycles. The normalized spacial score (nSPS) is 11.5. The number of anilines is 3. The molecule has 10 aromatic rings. The molecule has 0 fully saturated rings. The fourth-order valence-electron chi connectivity index (χ4n) is 7.19. The number of aromatic nitrogens is 1. The van der Waals surface area contributed by atoms with Crippen LogP contribution in [0.3, 0.4) is 0 Å². The number of nitrogens with zero attached hydrogens (tertiary/aromatic N) is 2. The highest BCUT2D eigenvalue weighted by molar-refractivity contribution is 6.12. The quantitative estimate of drug-likeness (QED) is 0.179. The smallest absolute Gasteiger partial charge is 0.227 e. The minimum Gasteiger partial charge on any atom is -0.456 e. The van der Waals surface area contributed by atoms with Gasteiger partial charge in [0.2, 0.25) is 5.89 Å². The van der Waals surface area contributed by atoms with Gasteiger partial charge in [-0.2, -0.15) is 0 Å². The molecule has 0 radical (unpaired) electrons. The van der Waals surface area contributed by atoms with E-state index in [0.29, 0.717) is 5.89 Å². The Morgan fingerprint density at radius 1 is 0.373 bits per heavy atom. The Balaban J connectivity index is 1.15. The van der Waals surface area contributed by atoms with Gasteiger partial charge in [0, 0.05) is 44.5 Å². The first-order valence-corrected chi connectivity index (χ1v) is 17.1. The Labute approximate surface area is 294 Å². The molecule has 0 N–H and O–H groups in total. The first-order valence-electron chi connectivity index (χ1n) is 17.1. The van der Waals surface area contributed by atoms with Crippen LogP contribution < -0.4 is 4.90 Å². The van der Waals surface area contributed by atoms with E-state index in [1.807, 2.05) is 24.3 Å². The van der Waals surface area contributed by atoms with E-state index >= 15 is 0 Å². The number of rotatable bonds is 6. The standard InChI is InChI=1S/C47H30N2O2/c1-3-11-31(12-4-1)33-19-21-35(22-20-33)47-48-42-30-43(38-15-7-8-17-41(38)46(42)51-47)49(36-25-23-34(24-26-36)32-13-5-2-6-14-32)37-27-28-40-39-16-9-10-18-44(39)50-45(40)29-37/h1-30H. The Bertz CT molecular complexity index is 2840. The second-order valence-corrected chi connectivity index (χ2v) is 12.8. The number of oxazole rings is 1. The van der Waals surface area contributed by atoms with Gasteiger partial charge in [-0.1, -0.05) is 127 Å². The molecule has 0 saturated heterocycles. The average molecular weight is 655 g/mol. The largest absolute Gasteiger partial charge is 0.456 e. The summed E-state index contributed by atoms with van der Waals surface area (Å²) in [5, 5.41) is 4.26. The van der Waals surface area contributed by atoms with Crippen molar-refractivity contribution < 1.29 is 8.83 Å². The van der Waals surface area contributed by atoms with E-state index in [9.17, 15) is 0 Å². The van der Waals surface area contributed by atoms with Crippen molar-refractivity contribution in [3.05, 3.63) is 182 Å². The van der Waals surface area contributed by atoms with E-state index < -0.39 is 0 Å². The van der Waals surface area contributed by atoms with Gasteiger partial charge in [0.1, 0.15) is 16.7 Å². The molecule has 0 spiro atoms. The van der Waals surface area contributed by atoms with Crippen LogP contribution in [0.25, 0.3) is 77.5 Å². The van der Waals surface area contributed by atoms with Crippen LogP contribution in [0.1, 0.15) is 0 Å². The Morgan fingerprint density at radius 2 is 0.902 bits per heavy atom. The minimum absolute atomic E-state index is 0.592. The molecule has 0 amide bonds. The number of para-hydroxylation sites is 1. The summed E-state index contributed by atoms with van der Waals surface area (Å²) < 4.78 is 13.0. The molecular formula is C47H30N2O2. The molecule has 0 aliphatic rings. The van der Waals surface area contributed by atoms with E-state index in [2.05, 4.69) is 163 Å². The fraction of sp³-hybridized carbons (Fsp3) is 0. The van der Waals surface area contributed by atoms with Gasteiger partial charge >= 0.3 is 0 Å². The summed E-state index contributed by atoms with van der Waals surface area (Å²) in [7, 11) is 0. The highest BCUT2D eigenvalue weighted by Crippen LogP contribution is 2.44. The third kappa shape index (κ3) is 5.04. The van der Waals surface area contributed by atoms with Crippen LogP contribution in [0.15, 0.2) is 191 Å². The molecule has 4 nitrogen and oxygen atoms in total. The van der Waals surface area contributed by atoms with Crippen molar-refractivity contribution >= 4 is 60.9 Å². The number of hydrogen-bond acceptors (Lipinski definition) is 4. The maximum Gasteiger partial charge on any atom is 0.227 e. The zero-order chi connectivity index (χ0) is 33.7. The Hall–Kier alpha value is -6.91.